The largest absolute Gasteiger partial charge is 0.478 e. The lowest BCUT2D eigenvalue weighted by atomic mass is 10.1. The second kappa shape index (κ2) is 7.91. The van der Waals surface area contributed by atoms with Crippen molar-refractivity contribution in [1.82, 2.24) is 14.7 Å². The Balaban J connectivity index is 2.00. The van der Waals surface area contributed by atoms with E-state index in [0.29, 0.717) is 17.0 Å². The number of carbonyl (C=O) groups excluding carboxylic acids is 1. The van der Waals surface area contributed by atoms with E-state index < -0.39 is 27.8 Å². The molecule has 0 aliphatic heterocycles. The lowest BCUT2D eigenvalue weighted by molar-refractivity contribution is 0.0695. The third kappa shape index (κ3) is 5.52. The van der Waals surface area contributed by atoms with Crippen LogP contribution in [0, 0.1) is 13.8 Å². The predicted molar refractivity (Wildman–Crippen MR) is 94.6 cm³/mol. The average molecular weight is 378 g/mol. The van der Waals surface area contributed by atoms with Gasteiger partial charge < -0.3 is 5.11 Å². The van der Waals surface area contributed by atoms with Crippen molar-refractivity contribution in [2.45, 2.75) is 20.3 Å². The van der Waals surface area contributed by atoms with Gasteiger partial charge in [-0.3, -0.25) is 5.32 Å². The number of nitrogens with zero attached hydrogens (tertiary/aromatic N) is 2. The summed E-state index contributed by atoms with van der Waals surface area (Å²) in [6, 6.07) is 6.81. The van der Waals surface area contributed by atoms with Crippen LogP contribution in [0.15, 0.2) is 30.3 Å². The Labute approximate surface area is 150 Å². The van der Waals surface area contributed by atoms with Crippen molar-refractivity contribution in [2.75, 3.05) is 11.1 Å². The van der Waals surface area contributed by atoms with E-state index in [2.05, 4.69) is 15.3 Å². The van der Waals surface area contributed by atoms with Crippen molar-refractivity contribution in [3.8, 4) is 0 Å². The molecule has 2 amide bonds. The normalized spacial score (nSPS) is 11.0. The first-order chi connectivity index (χ1) is 12.2. The molecule has 0 aliphatic carbocycles. The second-order valence-electron chi connectivity index (χ2n) is 5.56. The number of hydrogen-bond donors (Lipinski definition) is 3. The van der Waals surface area contributed by atoms with E-state index in [-0.39, 0.29) is 17.9 Å². The zero-order chi connectivity index (χ0) is 19.3. The van der Waals surface area contributed by atoms with Crippen LogP contribution in [0.25, 0.3) is 0 Å². The van der Waals surface area contributed by atoms with Crippen LogP contribution >= 0.6 is 0 Å². The second-order valence-corrected chi connectivity index (χ2v) is 7.40. The van der Waals surface area contributed by atoms with Crippen molar-refractivity contribution in [3.63, 3.8) is 0 Å². The summed E-state index contributed by atoms with van der Waals surface area (Å²) in [5.41, 5.74) is 1.64. The van der Waals surface area contributed by atoms with Crippen molar-refractivity contribution < 1.29 is 23.1 Å². The molecule has 10 heteroatoms. The third-order valence-corrected chi connectivity index (χ3v) is 4.58. The number of sulfonamides is 1. The highest BCUT2D eigenvalue weighted by molar-refractivity contribution is 7.90. The number of anilines is 1. The van der Waals surface area contributed by atoms with Crippen molar-refractivity contribution >= 4 is 28.0 Å². The maximum Gasteiger partial charge on any atom is 0.335 e. The minimum absolute atomic E-state index is 0.00794. The van der Waals surface area contributed by atoms with Crippen LogP contribution in [0.3, 0.4) is 0 Å². The molecular weight excluding hydrogens is 360 g/mol. The van der Waals surface area contributed by atoms with Gasteiger partial charge in [-0.15, -0.1) is 0 Å². The van der Waals surface area contributed by atoms with Crippen molar-refractivity contribution in [1.29, 1.82) is 0 Å². The molecule has 0 atom stereocenters. The first-order valence-electron chi connectivity index (χ1n) is 7.61. The van der Waals surface area contributed by atoms with Crippen LogP contribution in [-0.2, 0) is 16.4 Å². The SMILES string of the molecule is Cc1cc(C)nc(NC(=O)NS(=O)(=O)CCc2ccccc2C(=O)O)n1. The number of rotatable bonds is 6. The van der Waals surface area contributed by atoms with Gasteiger partial charge in [-0.2, -0.15) is 0 Å². The van der Waals surface area contributed by atoms with Crippen LogP contribution in [0.1, 0.15) is 27.3 Å². The number of nitrogens with one attached hydrogen (secondary N) is 2. The van der Waals surface area contributed by atoms with E-state index >= 15 is 0 Å². The van der Waals surface area contributed by atoms with E-state index in [4.69, 9.17) is 5.11 Å². The molecule has 0 saturated carbocycles. The van der Waals surface area contributed by atoms with Gasteiger partial charge in [0.15, 0.2) is 0 Å². The monoisotopic (exact) mass is 378 g/mol. The van der Waals surface area contributed by atoms with Gasteiger partial charge in [0.05, 0.1) is 11.3 Å². The van der Waals surface area contributed by atoms with Crippen LogP contribution in [0.5, 0.6) is 0 Å². The maximum absolute atomic E-state index is 12.1. The number of benzene rings is 1. The molecule has 0 fully saturated rings. The first kappa shape index (κ1) is 19.3. The summed E-state index contributed by atoms with van der Waals surface area (Å²) in [7, 11) is -3.97. The van der Waals surface area contributed by atoms with Gasteiger partial charge >= 0.3 is 12.0 Å². The van der Waals surface area contributed by atoms with E-state index in [1.54, 1.807) is 32.0 Å². The summed E-state index contributed by atoms with van der Waals surface area (Å²) < 4.78 is 26.0. The zero-order valence-electron chi connectivity index (χ0n) is 14.2. The molecule has 1 heterocycles. The van der Waals surface area contributed by atoms with E-state index in [9.17, 15) is 18.0 Å². The fourth-order valence-corrected chi connectivity index (χ4v) is 3.22. The van der Waals surface area contributed by atoms with Crippen molar-refractivity contribution in [3.05, 3.63) is 52.8 Å². The minimum atomic E-state index is -3.97. The topological polar surface area (TPSA) is 138 Å². The average Bonchev–Trinajstić information content (AvgIpc) is 2.51. The Bertz CT molecular complexity index is 923. The number of carboxylic acid groups (broad SMARTS) is 1. The van der Waals surface area contributed by atoms with Gasteiger partial charge in [0.1, 0.15) is 0 Å². The van der Waals surface area contributed by atoms with Gasteiger partial charge in [-0.25, -0.2) is 32.7 Å². The predicted octanol–water partition coefficient (Wildman–Crippen LogP) is 1.49. The zero-order valence-corrected chi connectivity index (χ0v) is 15.0. The fraction of sp³-hybridized carbons (Fsp3) is 0.250. The molecule has 1 aromatic heterocycles. The molecule has 0 aliphatic rings. The lowest BCUT2D eigenvalue weighted by Gasteiger charge is -2.09. The van der Waals surface area contributed by atoms with Crippen LogP contribution in [0.4, 0.5) is 10.7 Å². The van der Waals surface area contributed by atoms with Crippen LogP contribution < -0.4 is 10.0 Å². The number of amides is 2. The third-order valence-electron chi connectivity index (χ3n) is 3.34. The molecule has 3 N–H and O–H groups in total. The number of carboxylic acids is 1. The lowest BCUT2D eigenvalue weighted by Crippen LogP contribution is -2.37. The Morgan fingerprint density at radius 3 is 2.35 bits per heavy atom. The highest BCUT2D eigenvalue weighted by Gasteiger charge is 2.18. The maximum atomic E-state index is 12.1. The number of hydrogen-bond acceptors (Lipinski definition) is 6. The van der Waals surface area contributed by atoms with Gasteiger partial charge in [0, 0.05) is 11.4 Å². The molecule has 2 rings (SSSR count). The molecule has 9 nitrogen and oxygen atoms in total. The number of aromatic carboxylic acids is 1. The smallest absolute Gasteiger partial charge is 0.335 e. The van der Waals surface area contributed by atoms with Crippen molar-refractivity contribution in [2.24, 2.45) is 0 Å². The Morgan fingerprint density at radius 1 is 1.12 bits per heavy atom. The van der Waals surface area contributed by atoms with E-state index in [1.165, 1.54) is 12.1 Å². The highest BCUT2D eigenvalue weighted by Crippen LogP contribution is 2.10. The van der Waals surface area contributed by atoms with Crippen LogP contribution in [-0.4, -0.2) is 41.2 Å². The number of carbonyl (C=O) groups is 2. The summed E-state index contributed by atoms with van der Waals surface area (Å²) in [5.74, 6) is -1.60. The standard InChI is InChI=1S/C16H18N4O5S/c1-10-9-11(2)18-15(17-10)19-16(23)20-26(24,25)8-7-12-5-3-4-6-13(12)14(21)22/h3-6,9H,7-8H2,1-2H3,(H,21,22)(H2,17,18,19,20,23). The number of aryl methyl sites for hydroxylation is 3. The summed E-state index contributed by atoms with van der Waals surface area (Å²) in [4.78, 5) is 31.0. The minimum Gasteiger partial charge on any atom is -0.478 e. The van der Waals surface area contributed by atoms with Gasteiger partial charge in [0.25, 0.3) is 0 Å². The molecule has 1 aromatic carbocycles. The summed E-state index contributed by atoms with van der Waals surface area (Å²) in [6.07, 6.45) is -0.0505. The van der Waals surface area contributed by atoms with E-state index in [1.807, 2.05) is 4.72 Å². The quantitative estimate of drug-likeness (QED) is 0.692. The molecular formula is C16H18N4O5S. The molecule has 0 unspecified atom stereocenters. The van der Waals surface area contributed by atoms with E-state index in [0.717, 1.165) is 0 Å². The number of urea groups is 1. The molecule has 0 spiro atoms. The molecule has 2 aromatic rings. The molecule has 0 radical (unpaired) electrons. The Morgan fingerprint density at radius 2 is 1.73 bits per heavy atom. The van der Waals surface area contributed by atoms with Gasteiger partial charge in [0.2, 0.25) is 16.0 Å². The first-order valence-corrected chi connectivity index (χ1v) is 9.26. The summed E-state index contributed by atoms with van der Waals surface area (Å²) in [5, 5.41) is 11.4. The van der Waals surface area contributed by atoms with Crippen LogP contribution in [0.2, 0.25) is 0 Å². The molecule has 0 bridgehead atoms. The van der Waals surface area contributed by atoms with Gasteiger partial charge in [-0.1, -0.05) is 18.2 Å². The highest BCUT2D eigenvalue weighted by atomic mass is 32.2. The van der Waals surface area contributed by atoms with Gasteiger partial charge in [-0.05, 0) is 38.0 Å². The summed E-state index contributed by atoms with van der Waals surface area (Å²) in [6.45, 7) is 3.43. The summed E-state index contributed by atoms with van der Waals surface area (Å²) >= 11 is 0. The number of aromatic nitrogens is 2. The molecule has 26 heavy (non-hydrogen) atoms. The Kier molecular flexibility index (Phi) is 5.88. The fourth-order valence-electron chi connectivity index (χ4n) is 2.29. The molecule has 0 saturated heterocycles. The Hall–Kier alpha value is -3.01. The molecule has 138 valence electrons.